The van der Waals surface area contributed by atoms with E-state index in [-0.39, 0.29) is 11.6 Å². The lowest BCUT2D eigenvalue weighted by Crippen LogP contribution is -2.30. The van der Waals surface area contributed by atoms with E-state index in [9.17, 15) is 18.8 Å². The second-order valence-electron chi connectivity index (χ2n) is 10.2. The summed E-state index contributed by atoms with van der Waals surface area (Å²) in [7, 11) is 0. The lowest BCUT2D eigenvalue weighted by Gasteiger charge is -2.13. The molecule has 0 fully saturated rings. The number of amides is 3. The maximum atomic E-state index is 13.5. The van der Waals surface area contributed by atoms with Gasteiger partial charge in [0.15, 0.2) is 5.13 Å². The van der Waals surface area contributed by atoms with Crippen LogP contribution in [0.3, 0.4) is 0 Å². The highest BCUT2D eigenvalue weighted by Crippen LogP contribution is 2.29. The van der Waals surface area contributed by atoms with E-state index in [1.165, 1.54) is 53.4 Å². The highest BCUT2D eigenvalue weighted by Gasteiger charge is 2.18. The van der Waals surface area contributed by atoms with Gasteiger partial charge in [-0.25, -0.2) is 9.37 Å². The van der Waals surface area contributed by atoms with Gasteiger partial charge in [-0.3, -0.25) is 14.4 Å². The van der Waals surface area contributed by atoms with Crippen LogP contribution in [-0.2, 0) is 9.59 Å². The monoisotopic (exact) mass is 666 g/mol. The number of rotatable bonds is 12. The summed E-state index contributed by atoms with van der Waals surface area (Å²) in [5, 5.41) is 10.3. The van der Waals surface area contributed by atoms with Crippen molar-refractivity contribution in [3.05, 3.63) is 131 Å². The number of hydrogen-bond donors (Lipinski definition) is 3. The standard InChI is InChI=1S/C36H31FN4O4S2/c1-3-45-29-18-14-25(15-19-29)32-22-46-36(40-32)41-33(42)23(2)47-30-11-7-10-28(21-30)38-35(44)31(20-24-12-16-27(37)17-13-24)39-34(43)26-8-5-4-6-9-26/h4-23H,3H2,1-2H3,(H,38,44)(H,39,43)(H,40,41,42)/b31-20-. The minimum absolute atomic E-state index is 0.0238. The molecule has 0 saturated carbocycles. The third-order valence-corrected chi connectivity index (χ3v) is 8.53. The minimum atomic E-state index is -0.571. The summed E-state index contributed by atoms with van der Waals surface area (Å²) >= 11 is 2.66. The van der Waals surface area contributed by atoms with E-state index in [4.69, 9.17) is 4.74 Å². The summed E-state index contributed by atoms with van der Waals surface area (Å²) in [6, 6.07) is 28.7. The summed E-state index contributed by atoms with van der Waals surface area (Å²) < 4.78 is 19.0. The molecule has 1 aromatic heterocycles. The average molecular weight is 667 g/mol. The van der Waals surface area contributed by atoms with Crippen molar-refractivity contribution in [2.45, 2.75) is 24.0 Å². The van der Waals surface area contributed by atoms with Crippen molar-refractivity contribution in [3.63, 3.8) is 0 Å². The van der Waals surface area contributed by atoms with Gasteiger partial charge in [-0.15, -0.1) is 23.1 Å². The number of benzene rings is 4. The van der Waals surface area contributed by atoms with Gasteiger partial charge < -0.3 is 20.7 Å². The number of nitrogens with zero attached hydrogens (tertiary/aromatic N) is 1. The Morgan fingerprint density at radius 2 is 1.68 bits per heavy atom. The van der Waals surface area contributed by atoms with Crippen LogP contribution >= 0.6 is 23.1 Å². The van der Waals surface area contributed by atoms with E-state index in [2.05, 4.69) is 20.9 Å². The van der Waals surface area contributed by atoms with Crippen LogP contribution in [0.1, 0.15) is 29.8 Å². The molecule has 1 atom stereocenters. The van der Waals surface area contributed by atoms with Crippen LogP contribution in [0.15, 0.2) is 119 Å². The fourth-order valence-corrected chi connectivity index (χ4v) is 5.98. The first-order valence-corrected chi connectivity index (χ1v) is 16.4. The van der Waals surface area contributed by atoms with Crippen LogP contribution in [0.5, 0.6) is 5.75 Å². The number of anilines is 2. The number of thioether (sulfide) groups is 1. The Kier molecular flexibility index (Phi) is 11.2. The van der Waals surface area contributed by atoms with Gasteiger partial charge in [0.1, 0.15) is 17.3 Å². The summed E-state index contributed by atoms with van der Waals surface area (Å²) in [5.74, 6) is -0.890. The second-order valence-corrected chi connectivity index (χ2v) is 12.4. The molecule has 4 aromatic carbocycles. The minimum Gasteiger partial charge on any atom is -0.494 e. The van der Waals surface area contributed by atoms with Crippen molar-refractivity contribution in [1.82, 2.24) is 10.3 Å². The molecule has 0 aliphatic heterocycles. The largest absolute Gasteiger partial charge is 0.494 e. The van der Waals surface area contributed by atoms with Crippen molar-refractivity contribution in [2.75, 3.05) is 17.2 Å². The van der Waals surface area contributed by atoms with Gasteiger partial charge in [0.05, 0.1) is 17.6 Å². The molecule has 0 spiro atoms. The maximum Gasteiger partial charge on any atom is 0.272 e. The molecule has 11 heteroatoms. The zero-order chi connectivity index (χ0) is 33.2. The quantitative estimate of drug-likeness (QED) is 0.0924. The van der Waals surface area contributed by atoms with Crippen LogP contribution in [0.4, 0.5) is 15.2 Å². The third kappa shape index (κ3) is 9.38. The first-order chi connectivity index (χ1) is 22.8. The second kappa shape index (κ2) is 15.8. The normalized spacial score (nSPS) is 11.8. The van der Waals surface area contributed by atoms with Crippen molar-refractivity contribution in [1.29, 1.82) is 0 Å². The van der Waals surface area contributed by atoms with Crippen molar-refractivity contribution in [3.8, 4) is 17.0 Å². The van der Waals surface area contributed by atoms with E-state index in [0.717, 1.165) is 21.9 Å². The third-order valence-electron chi connectivity index (χ3n) is 6.68. The highest BCUT2D eigenvalue weighted by molar-refractivity contribution is 8.00. The molecule has 0 radical (unpaired) electrons. The van der Waals surface area contributed by atoms with Crippen LogP contribution in [-0.4, -0.2) is 34.6 Å². The zero-order valence-corrected chi connectivity index (χ0v) is 27.2. The smallest absolute Gasteiger partial charge is 0.272 e. The predicted molar refractivity (Wildman–Crippen MR) is 186 cm³/mol. The molecule has 0 saturated heterocycles. The zero-order valence-electron chi connectivity index (χ0n) is 25.5. The maximum absolute atomic E-state index is 13.5. The molecule has 3 N–H and O–H groups in total. The first-order valence-electron chi connectivity index (χ1n) is 14.7. The molecule has 5 aromatic rings. The summed E-state index contributed by atoms with van der Waals surface area (Å²) in [6.07, 6.45) is 1.47. The lowest BCUT2D eigenvalue weighted by atomic mass is 10.1. The molecule has 3 amide bonds. The van der Waals surface area contributed by atoms with Crippen LogP contribution in [0.2, 0.25) is 0 Å². The molecule has 238 valence electrons. The fraction of sp³-hybridized carbons (Fsp3) is 0.111. The van der Waals surface area contributed by atoms with E-state index >= 15 is 0 Å². The summed E-state index contributed by atoms with van der Waals surface area (Å²) in [4.78, 5) is 44.6. The molecule has 0 bridgehead atoms. The number of carbonyl (C=O) groups is 3. The molecule has 0 aliphatic rings. The van der Waals surface area contributed by atoms with Crippen LogP contribution in [0.25, 0.3) is 17.3 Å². The Hall–Kier alpha value is -5.26. The van der Waals surface area contributed by atoms with E-state index in [1.54, 1.807) is 55.5 Å². The Morgan fingerprint density at radius 3 is 2.40 bits per heavy atom. The molecular formula is C36H31FN4O4S2. The van der Waals surface area contributed by atoms with Gasteiger partial charge in [-0.1, -0.05) is 36.4 Å². The van der Waals surface area contributed by atoms with Gasteiger partial charge in [0.25, 0.3) is 11.8 Å². The highest BCUT2D eigenvalue weighted by atomic mass is 32.2. The number of aromatic nitrogens is 1. The number of halogens is 1. The van der Waals surface area contributed by atoms with Gasteiger partial charge >= 0.3 is 0 Å². The number of hydrogen-bond acceptors (Lipinski definition) is 7. The van der Waals surface area contributed by atoms with Gasteiger partial charge in [-0.05, 0) is 92.2 Å². The summed E-state index contributed by atoms with van der Waals surface area (Å²) in [5.41, 5.74) is 3.02. The van der Waals surface area contributed by atoms with E-state index in [1.807, 2.05) is 42.6 Å². The molecular weight excluding hydrogens is 636 g/mol. The van der Waals surface area contributed by atoms with E-state index < -0.39 is 22.9 Å². The Labute approximate surface area is 280 Å². The van der Waals surface area contributed by atoms with Crippen molar-refractivity contribution >= 4 is 57.7 Å². The molecule has 1 heterocycles. The first kappa shape index (κ1) is 33.1. The van der Waals surface area contributed by atoms with Crippen molar-refractivity contribution in [2.24, 2.45) is 0 Å². The lowest BCUT2D eigenvalue weighted by molar-refractivity contribution is -0.115. The van der Waals surface area contributed by atoms with Crippen LogP contribution in [0, 0.1) is 5.82 Å². The Morgan fingerprint density at radius 1 is 0.936 bits per heavy atom. The Balaban J connectivity index is 1.23. The number of carbonyl (C=O) groups excluding carboxylic acids is 3. The molecule has 47 heavy (non-hydrogen) atoms. The topological polar surface area (TPSA) is 109 Å². The van der Waals surface area contributed by atoms with Crippen molar-refractivity contribution < 1.29 is 23.5 Å². The Bertz CT molecular complexity index is 1880. The van der Waals surface area contributed by atoms with Crippen LogP contribution < -0.4 is 20.7 Å². The SMILES string of the molecule is CCOc1ccc(-c2csc(NC(=O)C(C)Sc3cccc(NC(=O)/C(=C/c4ccc(F)cc4)NC(=O)c4ccccc4)c3)n2)cc1. The molecule has 1 unspecified atom stereocenters. The molecule has 0 aliphatic carbocycles. The fourth-order valence-electron chi connectivity index (χ4n) is 4.33. The van der Waals surface area contributed by atoms with Gasteiger partial charge in [0, 0.05) is 27.1 Å². The predicted octanol–water partition coefficient (Wildman–Crippen LogP) is 7.88. The van der Waals surface area contributed by atoms with Gasteiger partial charge in [0.2, 0.25) is 5.91 Å². The summed E-state index contributed by atoms with van der Waals surface area (Å²) in [6.45, 7) is 4.31. The van der Waals surface area contributed by atoms with E-state index in [0.29, 0.717) is 28.6 Å². The number of ether oxygens (including phenoxy) is 1. The van der Waals surface area contributed by atoms with Gasteiger partial charge in [-0.2, -0.15) is 0 Å². The number of thiazole rings is 1. The molecule has 8 nitrogen and oxygen atoms in total. The average Bonchev–Trinajstić information content (AvgIpc) is 3.54. The number of nitrogens with one attached hydrogen (secondary N) is 3. The molecule has 5 rings (SSSR count).